The number of hydrogen-bond donors (Lipinski definition) is 3. The number of urea groups is 1. The molecule has 1 saturated heterocycles. The van der Waals surface area contributed by atoms with E-state index in [4.69, 9.17) is 0 Å². The summed E-state index contributed by atoms with van der Waals surface area (Å²) in [7, 11) is 0. The van der Waals surface area contributed by atoms with Crippen LogP contribution in [0.5, 0.6) is 5.75 Å². The minimum Gasteiger partial charge on any atom is -0.872 e. The molecule has 3 N–H and O–H groups in total. The van der Waals surface area contributed by atoms with Crippen molar-refractivity contribution in [3.63, 3.8) is 0 Å². The predicted octanol–water partition coefficient (Wildman–Crippen LogP) is 0.478. The molecule has 136 valence electrons. The molecule has 1 aliphatic heterocycles. The van der Waals surface area contributed by atoms with Crippen LogP contribution in [0.2, 0.25) is 0 Å². The summed E-state index contributed by atoms with van der Waals surface area (Å²) in [5.74, 6) is -4.46. The van der Waals surface area contributed by atoms with E-state index in [-0.39, 0.29) is 0 Å². The average molecular weight is 362 g/mol. The molecule has 0 radical (unpaired) electrons. The molecule has 1 aromatic carbocycles. The molecular formula is C13H11F3N3O6-. The zero-order chi connectivity index (χ0) is 19.2. The molecule has 1 aromatic rings. The normalized spacial score (nSPS) is 26.5. The minimum atomic E-state index is -5.44. The molecule has 2 rings (SSSR count). The van der Waals surface area contributed by atoms with Crippen molar-refractivity contribution >= 4 is 17.5 Å². The van der Waals surface area contributed by atoms with Crippen molar-refractivity contribution in [3.05, 3.63) is 33.9 Å². The highest BCUT2D eigenvalue weighted by Gasteiger charge is 2.65. The summed E-state index contributed by atoms with van der Waals surface area (Å²) in [6.45, 7) is 0.732. The first-order chi connectivity index (χ1) is 11.4. The number of non-ortho nitro benzene ring substituents is 1. The van der Waals surface area contributed by atoms with Crippen LogP contribution in [0.15, 0.2) is 18.2 Å². The van der Waals surface area contributed by atoms with E-state index in [0.29, 0.717) is 6.07 Å². The van der Waals surface area contributed by atoms with Crippen LogP contribution < -0.4 is 15.7 Å². The average Bonchev–Trinajstić information content (AvgIpc) is 2.44. The standard InChI is InChI=1S/C13H12F3N3O6/c1-5(20)9-10(7-4-6(19(24)25)2-3-8(7)21)17-11(22)18-12(9,23)13(14,15)16/h2-4,9-10,21,23H,1H3,(H2,17,18,22)/p-1/t9-,10-,12-/m1/s1. The van der Waals surface area contributed by atoms with Gasteiger partial charge in [-0.1, -0.05) is 6.07 Å². The van der Waals surface area contributed by atoms with Gasteiger partial charge in [0.15, 0.2) is 0 Å². The monoisotopic (exact) mass is 362 g/mol. The summed E-state index contributed by atoms with van der Waals surface area (Å²) in [5, 5.41) is 35.9. The number of carbonyl (C=O) groups is 2. The number of nitro groups is 1. The fraction of sp³-hybridized carbons (Fsp3) is 0.385. The summed E-state index contributed by atoms with van der Waals surface area (Å²) in [6.07, 6.45) is -5.44. The van der Waals surface area contributed by atoms with E-state index >= 15 is 0 Å². The number of Topliss-reactive ketones (excluding diaryl/α,β-unsaturated/α-hetero) is 1. The number of amides is 2. The molecule has 2 amide bonds. The molecule has 25 heavy (non-hydrogen) atoms. The molecule has 0 saturated carbocycles. The van der Waals surface area contributed by atoms with E-state index < -0.39 is 57.6 Å². The van der Waals surface area contributed by atoms with Gasteiger partial charge in [0.2, 0.25) is 5.72 Å². The van der Waals surface area contributed by atoms with Crippen LogP contribution in [0.3, 0.4) is 0 Å². The second-order valence-electron chi connectivity index (χ2n) is 5.41. The van der Waals surface area contributed by atoms with Gasteiger partial charge in [0.1, 0.15) is 5.78 Å². The van der Waals surface area contributed by atoms with Crippen molar-refractivity contribution in [1.29, 1.82) is 0 Å². The fourth-order valence-electron chi connectivity index (χ4n) is 2.68. The molecule has 0 aromatic heterocycles. The van der Waals surface area contributed by atoms with Crippen molar-refractivity contribution in [1.82, 2.24) is 10.6 Å². The number of hydrogen-bond acceptors (Lipinski definition) is 6. The number of ketones is 1. The quantitative estimate of drug-likeness (QED) is 0.527. The Kier molecular flexibility index (Phi) is 4.34. The first-order valence-electron chi connectivity index (χ1n) is 6.72. The van der Waals surface area contributed by atoms with Crippen LogP contribution in [0, 0.1) is 16.0 Å². The van der Waals surface area contributed by atoms with Crippen molar-refractivity contribution < 1.29 is 37.9 Å². The molecule has 1 aliphatic rings. The third-order valence-electron chi connectivity index (χ3n) is 3.78. The lowest BCUT2D eigenvalue weighted by molar-refractivity contribution is -0.385. The van der Waals surface area contributed by atoms with Crippen molar-refractivity contribution in [3.8, 4) is 5.75 Å². The number of alkyl halides is 3. The van der Waals surface area contributed by atoms with Gasteiger partial charge in [-0.25, -0.2) is 4.79 Å². The highest BCUT2D eigenvalue weighted by atomic mass is 19.4. The summed E-state index contributed by atoms with van der Waals surface area (Å²) in [4.78, 5) is 33.3. The number of nitro benzene ring substituents is 1. The molecule has 9 nitrogen and oxygen atoms in total. The summed E-state index contributed by atoms with van der Waals surface area (Å²) < 4.78 is 39.8. The van der Waals surface area contributed by atoms with Crippen LogP contribution in [0.1, 0.15) is 18.5 Å². The lowest BCUT2D eigenvalue weighted by Gasteiger charge is -2.45. The predicted molar refractivity (Wildman–Crippen MR) is 72.1 cm³/mol. The van der Waals surface area contributed by atoms with Gasteiger partial charge in [0.25, 0.3) is 5.69 Å². The Balaban J connectivity index is 2.66. The van der Waals surface area contributed by atoms with E-state index in [9.17, 15) is 43.1 Å². The Hall–Kier alpha value is -2.89. The Morgan fingerprint density at radius 2 is 2.00 bits per heavy atom. The number of nitrogens with one attached hydrogen (secondary N) is 2. The molecule has 1 heterocycles. The summed E-state index contributed by atoms with van der Waals surface area (Å²) in [5.41, 5.74) is -5.18. The van der Waals surface area contributed by atoms with Crippen molar-refractivity contribution in [2.45, 2.75) is 24.9 Å². The molecule has 0 unspecified atom stereocenters. The second-order valence-corrected chi connectivity index (χ2v) is 5.41. The second kappa shape index (κ2) is 5.88. The number of aliphatic hydroxyl groups is 1. The lowest BCUT2D eigenvalue weighted by atomic mass is 9.79. The Morgan fingerprint density at radius 3 is 2.48 bits per heavy atom. The summed E-state index contributed by atoms with van der Waals surface area (Å²) >= 11 is 0. The molecule has 12 heteroatoms. The van der Waals surface area contributed by atoms with Crippen LogP contribution >= 0.6 is 0 Å². The zero-order valence-corrected chi connectivity index (χ0v) is 12.5. The number of nitrogens with zero attached hydrogens (tertiary/aromatic N) is 1. The number of carbonyl (C=O) groups excluding carboxylic acids is 2. The zero-order valence-electron chi connectivity index (χ0n) is 12.5. The van der Waals surface area contributed by atoms with Crippen LogP contribution in [-0.4, -0.2) is 33.7 Å². The highest BCUT2D eigenvalue weighted by molar-refractivity contribution is 5.86. The van der Waals surface area contributed by atoms with Gasteiger partial charge in [-0.2, -0.15) is 13.2 Å². The van der Waals surface area contributed by atoms with Gasteiger partial charge >= 0.3 is 12.2 Å². The fourth-order valence-corrected chi connectivity index (χ4v) is 2.68. The third-order valence-corrected chi connectivity index (χ3v) is 3.78. The number of benzene rings is 1. The van der Waals surface area contributed by atoms with Crippen LogP contribution in [-0.2, 0) is 4.79 Å². The molecule has 1 fully saturated rings. The molecule has 0 aliphatic carbocycles. The SMILES string of the molecule is CC(=O)[C@@H]1[C@@H](c2cc([N+](=O)[O-])ccc2[O-])NC(=O)N[C@]1(O)C(F)(F)F. The van der Waals surface area contributed by atoms with Crippen LogP contribution in [0.25, 0.3) is 0 Å². The summed E-state index contributed by atoms with van der Waals surface area (Å²) in [6, 6.07) is -1.19. The third kappa shape index (κ3) is 3.07. The van der Waals surface area contributed by atoms with E-state index in [1.54, 1.807) is 0 Å². The van der Waals surface area contributed by atoms with Crippen molar-refractivity contribution in [2.75, 3.05) is 0 Å². The largest absolute Gasteiger partial charge is 0.872 e. The smallest absolute Gasteiger partial charge is 0.437 e. The number of halogens is 3. The maximum Gasteiger partial charge on any atom is 0.437 e. The topological polar surface area (TPSA) is 145 Å². The van der Waals surface area contributed by atoms with Crippen molar-refractivity contribution in [2.24, 2.45) is 5.92 Å². The van der Waals surface area contributed by atoms with Crippen LogP contribution in [0.4, 0.5) is 23.7 Å². The number of rotatable bonds is 3. The highest BCUT2D eigenvalue weighted by Crippen LogP contribution is 2.44. The molecule has 0 bridgehead atoms. The maximum atomic E-state index is 13.3. The van der Waals surface area contributed by atoms with Gasteiger partial charge in [-0.3, -0.25) is 14.9 Å². The van der Waals surface area contributed by atoms with Gasteiger partial charge in [-0.15, -0.1) is 5.75 Å². The van der Waals surface area contributed by atoms with E-state index in [2.05, 4.69) is 0 Å². The van der Waals surface area contributed by atoms with Gasteiger partial charge in [0, 0.05) is 12.1 Å². The van der Waals surface area contributed by atoms with E-state index in [0.717, 1.165) is 19.1 Å². The first-order valence-corrected chi connectivity index (χ1v) is 6.72. The van der Waals surface area contributed by atoms with E-state index in [1.165, 1.54) is 5.32 Å². The minimum absolute atomic E-state index is 0.619. The van der Waals surface area contributed by atoms with Gasteiger partial charge in [0.05, 0.1) is 16.9 Å². The Morgan fingerprint density at radius 1 is 1.40 bits per heavy atom. The first kappa shape index (κ1) is 18.4. The Labute approximate surface area is 137 Å². The molecule has 3 atom stereocenters. The Bertz CT molecular complexity index is 753. The molecule has 0 spiro atoms. The molecular weight excluding hydrogens is 351 g/mol. The van der Waals surface area contributed by atoms with E-state index in [1.807, 2.05) is 5.32 Å². The maximum absolute atomic E-state index is 13.3. The van der Waals surface area contributed by atoms with Gasteiger partial charge < -0.3 is 20.8 Å². The van der Waals surface area contributed by atoms with Gasteiger partial charge in [-0.05, 0) is 12.5 Å². The lowest BCUT2D eigenvalue weighted by Crippen LogP contribution is -2.72.